The molecule has 0 aliphatic heterocycles. The van der Waals surface area contributed by atoms with Crippen molar-refractivity contribution in [2.45, 2.75) is 39.8 Å². The molecular formula is C31H38FN3O5S. The highest BCUT2D eigenvalue weighted by molar-refractivity contribution is 7.92. The van der Waals surface area contributed by atoms with E-state index in [1.807, 2.05) is 51.1 Å². The summed E-state index contributed by atoms with van der Waals surface area (Å²) in [5, 5.41) is 2.90. The van der Waals surface area contributed by atoms with E-state index in [2.05, 4.69) is 5.32 Å². The summed E-state index contributed by atoms with van der Waals surface area (Å²) in [5.74, 6) is -0.861. The van der Waals surface area contributed by atoms with Crippen molar-refractivity contribution in [3.8, 4) is 5.75 Å². The van der Waals surface area contributed by atoms with Gasteiger partial charge in [-0.05, 0) is 48.7 Å². The molecule has 0 radical (unpaired) electrons. The third-order valence-corrected chi connectivity index (χ3v) is 7.51. The fourth-order valence-electron chi connectivity index (χ4n) is 4.28. The van der Waals surface area contributed by atoms with Gasteiger partial charge in [0.15, 0.2) is 0 Å². The second-order valence-electron chi connectivity index (χ2n) is 10.2. The number of anilines is 1. The van der Waals surface area contributed by atoms with Crippen LogP contribution in [0.3, 0.4) is 0 Å². The van der Waals surface area contributed by atoms with Crippen LogP contribution in [0, 0.1) is 11.7 Å². The molecule has 2 amide bonds. The molecule has 3 aromatic carbocycles. The van der Waals surface area contributed by atoms with Crippen molar-refractivity contribution in [1.82, 2.24) is 10.2 Å². The number of ether oxygens (including phenoxy) is 1. The first kappa shape index (κ1) is 31.6. The number of halogens is 1. The van der Waals surface area contributed by atoms with E-state index in [1.165, 1.54) is 11.0 Å². The molecule has 0 saturated carbocycles. The van der Waals surface area contributed by atoms with Crippen molar-refractivity contribution in [2.75, 3.05) is 30.3 Å². The second-order valence-corrected chi connectivity index (χ2v) is 12.1. The molecule has 1 atom stereocenters. The molecule has 0 heterocycles. The zero-order valence-electron chi connectivity index (χ0n) is 23.9. The number of amides is 2. The van der Waals surface area contributed by atoms with Crippen molar-refractivity contribution in [3.63, 3.8) is 0 Å². The van der Waals surface area contributed by atoms with Crippen molar-refractivity contribution >= 4 is 27.5 Å². The largest absolute Gasteiger partial charge is 0.494 e. The lowest BCUT2D eigenvalue weighted by molar-refractivity contribution is -0.140. The number of carbonyl (C=O) groups is 2. The Hall–Kier alpha value is -3.92. The van der Waals surface area contributed by atoms with E-state index in [9.17, 15) is 22.4 Å². The molecule has 0 aliphatic carbocycles. The molecule has 0 fully saturated rings. The Morgan fingerprint density at radius 3 is 2.17 bits per heavy atom. The number of sulfonamides is 1. The van der Waals surface area contributed by atoms with E-state index in [1.54, 1.807) is 42.5 Å². The summed E-state index contributed by atoms with van der Waals surface area (Å²) in [6.45, 7) is 5.77. The fourth-order valence-corrected chi connectivity index (χ4v) is 5.13. The molecular weight excluding hydrogens is 545 g/mol. The number of carbonyl (C=O) groups excluding carboxylic acids is 2. The summed E-state index contributed by atoms with van der Waals surface area (Å²) in [4.78, 5) is 28.9. The van der Waals surface area contributed by atoms with Gasteiger partial charge in [0.25, 0.3) is 0 Å². The number of hydrogen-bond donors (Lipinski definition) is 1. The van der Waals surface area contributed by atoms with Crippen molar-refractivity contribution < 1.29 is 27.1 Å². The second kappa shape index (κ2) is 14.6. The topological polar surface area (TPSA) is 96.0 Å². The Morgan fingerprint density at radius 2 is 1.59 bits per heavy atom. The van der Waals surface area contributed by atoms with Crippen LogP contribution in [0.2, 0.25) is 0 Å². The van der Waals surface area contributed by atoms with Gasteiger partial charge in [0.2, 0.25) is 21.8 Å². The first-order valence-electron chi connectivity index (χ1n) is 13.5. The normalized spacial score (nSPS) is 12.0. The summed E-state index contributed by atoms with van der Waals surface area (Å²) in [5.41, 5.74) is 1.27. The summed E-state index contributed by atoms with van der Waals surface area (Å²) in [6, 6.07) is 20.5. The molecule has 8 nitrogen and oxygen atoms in total. The molecule has 3 rings (SSSR count). The van der Waals surface area contributed by atoms with Gasteiger partial charge in [-0.1, -0.05) is 62.4 Å². The van der Waals surface area contributed by atoms with Gasteiger partial charge in [0, 0.05) is 25.1 Å². The summed E-state index contributed by atoms with van der Waals surface area (Å²) in [7, 11) is -3.91. The number of rotatable bonds is 14. The lowest BCUT2D eigenvalue weighted by Gasteiger charge is -2.33. The molecule has 220 valence electrons. The molecule has 0 saturated heterocycles. The van der Waals surface area contributed by atoms with E-state index >= 15 is 0 Å². The van der Waals surface area contributed by atoms with E-state index in [0.29, 0.717) is 18.9 Å². The van der Waals surface area contributed by atoms with Gasteiger partial charge in [-0.15, -0.1) is 0 Å². The van der Waals surface area contributed by atoms with Crippen LogP contribution in [0.5, 0.6) is 5.75 Å². The molecule has 1 N–H and O–H groups in total. The lowest BCUT2D eigenvalue weighted by Crippen LogP contribution is -2.53. The minimum absolute atomic E-state index is 0.160. The van der Waals surface area contributed by atoms with Crippen LogP contribution in [-0.2, 0) is 32.6 Å². The summed E-state index contributed by atoms with van der Waals surface area (Å²) in [6.07, 6.45) is 1.17. The maximum Gasteiger partial charge on any atom is 0.244 e. The van der Waals surface area contributed by atoms with E-state index in [0.717, 1.165) is 16.1 Å². The van der Waals surface area contributed by atoms with Crippen molar-refractivity contribution in [2.24, 2.45) is 5.92 Å². The van der Waals surface area contributed by atoms with Gasteiger partial charge in [-0.3, -0.25) is 13.9 Å². The minimum Gasteiger partial charge on any atom is -0.494 e. The standard InChI is InChI=1S/C31H38FN3O5S/c1-5-40-27-17-15-26(16-18-27)35(41(4,38)39)22-30(36)34(21-25-13-9-10-14-28(25)32)29(31(37)33-20-23(2)3)19-24-11-7-6-8-12-24/h6-18,23,29H,5,19-22H2,1-4H3,(H,33,37)/t29-/m1/s1. The molecule has 0 unspecified atom stereocenters. The molecule has 41 heavy (non-hydrogen) atoms. The van der Waals surface area contributed by atoms with Crippen LogP contribution >= 0.6 is 0 Å². The van der Waals surface area contributed by atoms with Crippen LogP contribution in [-0.4, -0.2) is 57.1 Å². The monoisotopic (exact) mass is 583 g/mol. The number of nitrogens with zero attached hydrogens (tertiary/aromatic N) is 2. The van der Waals surface area contributed by atoms with E-state index in [-0.39, 0.29) is 30.1 Å². The number of hydrogen-bond acceptors (Lipinski definition) is 5. The molecule has 0 aromatic heterocycles. The van der Waals surface area contributed by atoms with Crippen LogP contribution in [0.25, 0.3) is 0 Å². The van der Waals surface area contributed by atoms with Crippen molar-refractivity contribution in [1.29, 1.82) is 0 Å². The number of benzene rings is 3. The molecule has 10 heteroatoms. The van der Waals surface area contributed by atoms with Crippen molar-refractivity contribution in [3.05, 3.63) is 95.8 Å². The smallest absolute Gasteiger partial charge is 0.244 e. The highest BCUT2D eigenvalue weighted by Crippen LogP contribution is 2.23. The zero-order chi connectivity index (χ0) is 30.0. The van der Waals surface area contributed by atoms with Crippen LogP contribution in [0.1, 0.15) is 31.9 Å². The van der Waals surface area contributed by atoms with E-state index in [4.69, 9.17) is 4.74 Å². The molecule has 0 bridgehead atoms. The average Bonchev–Trinajstić information content (AvgIpc) is 2.93. The Labute approximate surface area is 242 Å². The van der Waals surface area contributed by atoms with Gasteiger partial charge in [-0.25, -0.2) is 12.8 Å². The predicted molar refractivity (Wildman–Crippen MR) is 159 cm³/mol. The Balaban J connectivity index is 2.03. The summed E-state index contributed by atoms with van der Waals surface area (Å²) >= 11 is 0. The third kappa shape index (κ3) is 9.31. The quantitative estimate of drug-likeness (QED) is 0.304. The maximum absolute atomic E-state index is 14.8. The van der Waals surface area contributed by atoms with Gasteiger partial charge < -0.3 is 15.0 Å². The van der Waals surface area contributed by atoms with Gasteiger partial charge >= 0.3 is 0 Å². The van der Waals surface area contributed by atoms with Crippen LogP contribution in [0.4, 0.5) is 10.1 Å². The molecule has 0 spiro atoms. The molecule has 0 aliphatic rings. The summed E-state index contributed by atoms with van der Waals surface area (Å²) < 4.78 is 47.0. The highest BCUT2D eigenvalue weighted by atomic mass is 32.2. The zero-order valence-corrected chi connectivity index (χ0v) is 24.7. The fraction of sp³-hybridized carbons (Fsp3) is 0.355. The third-order valence-electron chi connectivity index (χ3n) is 6.37. The highest BCUT2D eigenvalue weighted by Gasteiger charge is 2.33. The van der Waals surface area contributed by atoms with Gasteiger partial charge in [-0.2, -0.15) is 0 Å². The first-order chi connectivity index (χ1) is 19.5. The SMILES string of the molecule is CCOc1ccc(N(CC(=O)N(Cc2ccccc2F)[C@H](Cc2ccccc2)C(=O)NCC(C)C)S(C)(=O)=O)cc1. The Kier molecular flexibility index (Phi) is 11.3. The van der Waals surface area contributed by atoms with Gasteiger partial charge in [0.05, 0.1) is 18.6 Å². The first-order valence-corrected chi connectivity index (χ1v) is 15.4. The Bertz CT molecular complexity index is 1400. The van der Waals surface area contributed by atoms with E-state index < -0.39 is 40.2 Å². The molecule has 3 aromatic rings. The number of nitrogens with one attached hydrogen (secondary N) is 1. The predicted octanol–water partition coefficient (Wildman–Crippen LogP) is 4.40. The van der Waals surface area contributed by atoms with Gasteiger partial charge in [0.1, 0.15) is 24.2 Å². The average molecular weight is 584 g/mol. The van der Waals surface area contributed by atoms with Crippen LogP contribution < -0.4 is 14.4 Å². The maximum atomic E-state index is 14.8. The Morgan fingerprint density at radius 1 is 0.951 bits per heavy atom. The lowest BCUT2D eigenvalue weighted by atomic mass is 10.0. The minimum atomic E-state index is -3.91. The van der Waals surface area contributed by atoms with Crippen LogP contribution in [0.15, 0.2) is 78.9 Å².